The molecule has 0 saturated heterocycles. The number of benzene rings is 1. The summed E-state index contributed by atoms with van der Waals surface area (Å²) in [5, 5.41) is 0. The smallest absolute Gasteiger partial charge is 0.347 e. The van der Waals surface area contributed by atoms with Gasteiger partial charge in [-0.1, -0.05) is 13.3 Å². The lowest BCUT2D eigenvalue weighted by Gasteiger charge is -2.19. The molecule has 1 unspecified atom stereocenters. The standard InChI is InChI=1S/C14H21NO4/c1-4-6-12(14(16)18-5-2)19-13-9-10(15)7-8-11(13)17-3/h7-9,12H,4-6,15H2,1-3H3. The van der Waals surface area contributed by atoms with Crippen molar-refractivity contribution in [3.05, 3.63) is 18.2 Å². The van der Waals surface area contributed by atoms with Crippen LogP contribution in [-0.2, 0) is 9.53 Å². The summed E-state index contributed by atoms with van der Waals surface area (Å²) in [7, 11) is 1.54. The van der Waals surface area contributed by atoms with Crippen molar-refractivity contribution in [2.24, 2.45) is 0 Å². The van der Waals surface area contributed by atoms with E-state index in [1.165, 1.54) is 7.11 Å². The molecule has 0 amide bonds. The highest BCUT2D eigenvalue weighted by Crippen LogP contribution is 2.30. The van der Waals surface area contributed by atoms with Gasteiger partial charge in [0.25, 0.3) is 0 Å². The first-order chi connectivity index (χ1) is 9.12. The molecule has 0 heterocycles. The first-order valence-electron chi connectivity index (χ1n) is 6.39. The van der Waals surface area contributed by atoms with Crippen molar-refractivity contribution in [3.63, 3.8) is 0 Å². The number of carbonyl (C=O) groups is 1. The second kappa shape index (κ2) is 7.51. The number of nitrogens with two attached hydrogens (primary N) is 1. The molecule has 0 aromatic heterocycles. The summed E-state index contributed by atoms with van der Waals surface area (Å²) in [4.78, 5) is 11.8. The molecule has 1 rings (SSSR count). The van der Waals surface area contributed by atoms with E-state index in [1.54, 1.807) is 25.1 Å². The molecular weight excluding hydrogens is 246 g/mol. The number of hydrogen-bond acceptors (Lipinski definition) is 5. The third kappa shape index (κ3) is 4.35. The fraction of sp³-hybridized carbons (Fsp3) is 0.500. The van der Waals surface area contributed by atoms with E-state index < -0.39 is 6.10 Å². The third-order valence-electron chi connectivity index (χ3n) is 2.56. The zero-order valence-corrected chi connectivity index (χ0v) is 11.6. The molecule has 0 saturated carbocycles. The molecule has 0 fully saturated rings. The summed E-state index contributed by atoms with van der Waals surface area (Å²) >= 11 is 0. The van der Waals surface area contributed by atoms with Gasteiger partial charge in [-0.25, -0.2) is 4.79 Å². The maximum atomic E-state index is 11.8. The number of rotatable bonds is 7. The number of ether oxygens (including phenoxy) is 3. The van der Waals surface area contributed by atoms with Crippen molar-refractivity contribution < 1.29 is 19.0 Å². The van der Waals surface area contributed by atoms with Gasteiger partial charge < -0.3 is 19.9 Å². The maximum Gasteiger partial charge on any atom is 0.347 e. The van der Waals surface area contributed by atoms with Crippen LogP contribution in [0.3, 0.4) is 0 Å². The molecule has 0 spiro atoms. The molecule has 0 bridgehead atoms. The quantitative estimate of drug-likeness (QED) is 0.606. The Morgan fingerprint density at radius 2 is 2.05 bits per heavy atom. The van der Waals surface area contributed by atoms with Crippen molar-refractivity contribution in [1.29, 1.82) is 0 Å². The van der Waals surface area contributed by atoms with E-state index in [1.807, 2.05) is 6.92 Å². The van der Waals surface area contributed by atoms with Gasteiger partial charge in [-0.05, 0) is 25.5 Å². The molecule has 0 aliphatic rings. The van der Waals surface area contributed by atoms with Gasteiger partial charge in [0.2, 0.25) is 0 Å². The number of esters is 1. The predicted octanol–water partition coefficient (Wildman–Crippen LogP) is 2.39. The lowest BCUT2D eigenvalue weighted by molar-refractivity contribution is -0.151. The van der Waals surface area contributed by atoms with E-state index in [0.29, 0.717) is 30.2 Å². The van der Waals surface area contributed by atoms with Crippen molar-refractivity contribution in [2.45, 2.75) is 32.8 Å². The van der Waals surface area contributed by atoms with Crippen LogP contribution >= 0.6 is 0 Å². The minimum atomic E-state index is -0.638. The number of methoxy groups -OCH3 is 1. The van der Waals surface area contributed by atoms with Crippen molar-refractivity contribution in [1.82, 2.24) is 0 Å². The highest BCUT2D eigenvalue weighted by molar-refractivity contribution is 5.75. The Morgan fingerprint density at radius 1 is 1.32 bits per heavy atom. The molecule has 106 valence electrons. The largest absolute Gasteiger partial charge is 0.493 e. The average Bonchev–Trinajstić information content (AvgIpc) is 2.39. The van der Waals surface area contributed by atoms with Crippen LogP contribution in [0.15, 0.2) is 18.2 Å². The zero-order chi connectivity index (χ0) is 14.3. The van der Waals surface area contributed by atoms with Gasteiger partial charge in [0.15, 0.2) is 17.6 Å². The lowest BCUT2D eigenvalue weighted by Crippen LogP contribution is -2.29. The Kier molecular flexibility index (Phi) is 5.99. The van der Waals surface area contributed by atoms with Crippen LogP contribution in [0, 0.1) is 0 Å². The molecule has 0 aliphatic carbocycles. The van der Waals surface area contributed by atoms with Crippen molar-refractivity contribution in [3.8, 4) is 11.5 Å². The maximum absolute atomic E-state index is 11.8. The molecule has 1 atom stereocenters. The molecule has 2 N–H and O–H groups in total. The fourth-order valence-electron chi connectivity index (χ4n) is 1.66. The molecule has 5 heteroatoms. The molecule has 0 aliphatic heterocycles. The van der Waals surface area contributed by atoms with Gasteiger partial charge in [0.1, 0.15) is 0 Å². The Bertz CT molecular complexity index is 420. The lowest BCUT2D eigenvalue weighted by atomic mass is 10.2. The number of nitrogen functional groups attached to an aromatic ring is 1. The van der Waals surface area contributed by atoms with Crippen LogP contribution in [0.4, 0.5) is 5.69 Å². The Hall–Kier alpha value is -1.91. The third-order valence-corrected chi connectivity index (χ3v) is 2.56. The average molecular weight is 267 g/mol. The molecule has 0 radical (unpaired) electrons. The predicted molar refractivity (Wildman–Crippen MR) is 73.4 cm³/mol. The van der Waals surface area contributed by atoms with E-state index in [2.05, 4.69) is 0 Å². The van der Waals surface area contributed by atoms with Gasteiger partial charge in [0.05, 0.1) is 13.7 Å². The molecule has 1 aromatic carbocycles. The van der Waals surface area contributed by atoms with Crippen LogP contribution in [0.1, 0.15) is 26.7 Å². The number of carbonyl (C=O) groups excluding carboxylic acids is 1. The topological polar surface area (TPSA) is 70.8 Å². The Labute approximate surface area is 113 Å². The summed E-state index contributed by atoms with van der Waals surface area (Å²) in [6, 6.07) is 5.06. The van der Waals surface area contributed by atoms with Crippen LogP contribution in [0.2, 0.25) is 0 Å². The van der Waals surface area contributed by atoms with Gasteiger partial charge in [0, 0.05) is 11.8 Å². The molecule has 5 nitrogen and oxygen atoms in total. The van der Waals surface area contributed by atoms with E-state index in [4.69, 9.17) is 19.9 Å². The van der Waals surface area contributed by atoms with E-state index >= 15 is 0 Å². The van der Waals surface area contributed by atoms with Crippen LogP contribution in [0.25, 0.3) is 0 Å². The first-order valence-corrected chi connectivity index (χ1v) is 6.39. The van der Waals surface area contributed by atoms with Crippen LogP contribution < -0.4 is 15.2 Å². The summed E-state index contributed by atoms with van der Waals surface area (Å²) in [6.07, 6.45) is 0.755. The summed E-state index contributed by atoms with van der Waals surface area (Å²) in [5.74, 6) is 0.627. The summed E-state index contributed by atoms with van der Waals surface area (Å²) < 4.78 is 15.9. The zero-order valence-electron chi connectivity index (χ0n) is 11.6. The highest BCUT2D eigenvalue weighted by atomic mass is 16.6. The molecule has 19 heavy (non-hydrogen) atoms. The van der Waals surface area contributed by atoms with Gasteiger partial charge >= 0.3 is 5.97 Å². The SMILES string of the molecule is CCCC(Oc1cc(N)ccc1OC)C(=O)OCC. The molecule has 1 aromatic rings. The normalized spacial score (nSPS) is 11.7. The van der Waals surface area contributed by atoms with Crippen LogP contribution in [-0.4, -0.2) is 25.8 Å². The molecular formula is C14H21NO4. The number of hydrogen-bond donors (Lipinski definition) is 1. The number of anilines is 1. The fourth-order valence-corrected chi connectivity index (χ4v) is 1.66. The van der Waals surface area contributed by atoms with E-state index in [9.17, 15) is 4.79 Å². The monoisotopic (exact) mass is 267 g/mol. The highest BCUT2D eigenvalue weighted by Gasteiger charge is 2.22. The Morgan fingerprint density at radius 3 is 2.63 bits per heavy atom. The van der Waals surface area contributed by atoms with E-state index in [-0.39, 0.29) is 5.97 Å². The minimum absolute atomic E-state index is 0.330. The van der Waals surface area contributed by atoms with Crippen molar-refractivity contribution in [2.75, 3.05) is 19.5 Å². The second-order valence-electron chi connectivity index (χ2n) is 4.06. The van der Waals surface area contributed by atoms with Crippen LogP contribution in [0.5, 0.6) is 11.5 Å². The summed E-state index contributed by atoms with van der Waals surface area (Å²) in [5.41, 5.74) is 6.27. The Balaban J connectivity index is 2.89. The van der Waals surface area contributed by atoms with Gasteiger partial charge in [-0.2, -0.15) is 0 Å². The van der Waals surface area contributed by atoms with E-state index in [0.717, 1.165) is 6.42 Å². The second-order valence-corrected chi connectivity index (χ2v) is 4.06. The van der Waals surface area contributed by atoms with Gasteiger partial charge in [-0.3, -0.25) is 0 Å². The summed E-state index contributed by atoms with van der Waals surface area (Å²) in [6.45, 7) is 4.07. The minimum Gasteiger partial charge on any atom is -0.493 e. The van der Waals surface area contributed by atoms with Gasteiger partial charge in [-0.15, -0.1) is 0 Å². The van der Waals surface area contributed by atoms with Crippen molar-refractivity contribution >= 4 is 11.7 Å². The first kappa shape index (κ1) is 15.1.